The third-order valence-corrected chi connectivity index (χ3v) is 6.14. The number of hydrogen-bond acceptors (Lipinski definition) is 3. The zero-order valence-corrected chi connectivity index (χ0v) is 18.8. The maximum absolute atomic E-state index is 13.2. The largest absolute Gasteiger partial charge is 0.336 e. The van der Waals surface area contributed by atoms with E-state index in [4.69, 9.17) is 0 Å². The molecule has 1 saturated heterocycles. The van der Waals surface area contributed by atoms with E-state index in [1.165, 1.54) is 5.56 Å². The minimum absolute atomic E-state index is 0.0492. The number of benzene rings is 1. The summed E-state index contributed by atoms with van der Waals surface area (Å²) in [4.78, 5) is 41.6. The van der Waals surface area contributed by atoms with Gasteiger partial charge >= 0.3 is 6.03 Å². The average Bonchev–Trinajstić information content (AvgIpc) is 2.91. The van der Waals surface area contributed by atoms with Crippen LogP contribution in [-0.4, -0.2) is 46.3 Å². The van der Waals surface area contributed by atoms with Gasteiger partial charge in [0.1, 0.15) is 12.1 Å². The molecule has 29 heavy (non-hydrogen) atoms. The summed E-state index contributed by atoms with van der Waals surface area (Å²) in [6, 6.07) is 7.29. The second-order valence-electron chi connectivity index (χ2n) is 8.54. The molecule has 6 heteroatoms. The van der Waals surface area contributed by atoms with Crippen molar-refractivity contribution in [3.63, 3.8) is 0 Å². The Morgan fingerprint density at radius 2 is 1.55 bits per heavy atom. The van der Waals surface area contributed by atoms with Gasteiger partial charge in [-0.2, -0.15) is 0 Å². The van der Waals surface area contributed by atoms with Gasteiger partial charge in [0.15, 0.2) is 0 Å². The summed E-state index contributed by atoms with van der Waals surface area (Å²) in [5.41, 5.74) is 0.722. The quantitative estimate of drug-likeness (QED) is 0.669. The fraction of sp³-hybridized carbons (Fsp3) is 0.609. The van der Waals surface area contributed by atoms with E-state index in [9.17, 15) is 14.4 Å². The Labute approximate surface area is 174 Å². The summed E-state index contributed by atoms with van der Waals surface area (Å²) >= 11 is 0. The maximum atomic E-state index is 13.2. The van der Waals surface area contributed by atoms with Crippen molar-refractivity contribution in [1.82, 2.24) is 15.1 Å². The summed E-state index contributed by atoms with van der Waals surface area (Å²) < 4.78 is 0. The van der Waals surface area contributed by atoms with Crippen molar-refractivity contribution in [3.05, 3.63) is 35.4 Å². The third-order valence-electron chi connectivity index (χ3n) is 6.14. The van der Waals surface area contributed by atoms with Gasteiger partial charge in [0.2, 0.25) is 5.91 Å². The highest BCUT2D eigenvalue weighted by Gasteiger charge is 2.49. The van der Waals surface area contributed by atoms with Crippen LogP contribution in [0, 0.1) is 0 Å². The van der Waals surface area contributed by atoms with E-state index < -0.39 is 11.6 Å². The van der Waals surface area contributed by atoms with Crippen molar-refractivity contribution in [3.8, 4) is 0 Å². The molecule has 160 valence electrons. The molecule has 2 rings (SSSR count). The highest BCUT2D eigenvalue weighted by Crippen LogP contribution is 2.30. The van der Waals surface area contributed by atoms with Gasteiger partial charge in [-0.15, -0.1) is 0 Å². The van der Waals surface area contributed by atoms with Gasteiger partial charge in [-0.1, -0.05) is 52.0 Å². The highest BCUT2D eigenvalue weighted by atomic mass is 16.2. The average molecular weight is 402 g/mol. The van der Waals surface area contributed by atoms with Crippen molar-refractivity contribution < 1.29 is 14.4 Å². The normalized spacial score (nSPS) is 21.3. The molecule has 1 aliphatic rings. The van der Waals surface area contributed by atoms with Gasteiger partial charge in [-0.3, -0.25) is 14.5 Å². The van der Waals surface area contributed by atoms with Gasteiger partial charge < -0.3 is 10.2 Å². The van der Waals surface area contributed by atoms with E-state index in [1.807, 2.05) is 52.0 Å². The van der Waals surface area contributed by atoms with E-state index in [1.54, 1.807) is 11.8 Å². The van der Waals surface area contributed by atoms with Crippen molar-refractivity contribution >= 4 is 17.8 Å². The Morgan fingerprint density at radius 1 is 1.03 bits per heavy atom. The van der Waals surface area contributed by atoms with Crippen LogP contribution in [0.5, 0.6) is 0 Å². The molecular formula is C23H35N3O3. The van der Waals surface area contributed by atoms with Gasteiger partial charge in [-0.25, -0.2) is 4.79 Å². The molecule has 1 aromatic carbocycles. The van der Waals surface area contributed by atoms with Crippen LogP contribution in [0.1, 0.15) is 78.4 Å². The Hall–Kier alpha value is -2.37. The molecule has 1 aromatic rings. The van der Waals surface area contributed by atoms with Crippen LogP contribution < -0.4 is 5.32 Å². The fourth-order valence-electron chi connectivity index (χ4n) is 3.77. The molecule has 1 aliphatic heterocycles. The van der Waals surface area contributed by atoms with Crippen molar-refractivity contribution in [2.75, 3.05) is 6.54 Å². The molecule has 0 saturated carbocycles. The molecule has 1 heterocycles. The van der Waals surface area contributed by atoms with Crippen LogP contribution in [0.2, 0.25) is 0 Å². The summed E-state index contributed by atoms with van der Waals surface area (Å²) in [6.45, 7) is 13.7. The molecule has 0 aromatic heterocycles. The summed E-state index contributed by atoms with van der Waals surface area (Å²) in [7, 11) is 0. The molecule has 0 spiro atoms. The van der Waals surface area contributed by atoms with Gasteiger partial charge in [0.05, 0.1) is 0 Å². The van der Waals surface area contributed by atoms with Gasteiger partial charge in [-0.05, 0) is 50.7 Å². The van der Waals surface area contributed by atoms with Crippen LogP contribution in [0.3, 0.4) is 0 Å². The molecule has 6 nitrogen and oxygen atoms in total. The van der Waals surface area contributed by atoms with Crippen LogP contribution >= 0.6 is 0 Å². The zero-order chi connectivity index (χ0) is 21.9. The van der Waals surface area contributed by atoms with Crippen molar-refractivity contribution in [2.24, 2.45) is 0 Å². The number of nitrogens with zero attached hydrogens (tertiary/aromatic N) is 2. The smallest absolute Gasteiger partial charge is 0.325 e. The SMILES string of the molecule is CC[C@H](C)N(C(=O)CN1C(=O)N[C@](C)(c2ccc(C(C)C)cc2)C1=O)[C@@H](C)CC. The van der Waals surface area contributed by atoms with Crippen LogP contribution in [0.4, 0.5) is 4.79 Å². The van der Waals surface area contributed by atoms with Crippen LogP contribution in [0.15, 0.2) is 24.3 Å². The van der Waals surface area contributed by atoms with E-state index >= 15 is 0 Å². The van der Waals surface area contributed by atoms with E-state index in [-0.39, 0.29) is 30.4 Å². The van der Waals surface area contributed by atoms with Crippen LogP contribution in [-0.2, 0) is 15.1 Å². The number of carbonyl (C=O) groups excluding carboxylic acids is 3. The number of imide groups is 1. The lowest BCUT2D eigenvalue weighted by molar-refractivity contribution is -0.141. The summed E-state index contributed by atoms with van der Waals surface area (Å²) in [5.74, 6) is -0.204. The number of rotatable bonds is 8. The predicted octanol–water partition coefficient (Wildman–Crippen LogP) is 4.00. The number of urea groups is 1. The van der Waals surface area contributed by atoms with Gasteiger partial charge in [0.25, 0.3) is 5.91 Å². The van der Waals surface area contributed by atoms with E-state index in [2.05, 4.69) is 19.2 Å². The second kappa shape index (κ2) is 8.97. The Balaban J connectivity index is 2.24. The number of amides is 4. The first-order valence-electron chi connectivity index (χ1n) is 10.6. The number of hydrogen-bond donors (Lipinski definition) is 1. The van der Waals surface area contributed by atoms with Crippen molar-refractivity contribution in [2.45, 2.75) is 84.8 Å². The second-order valence-corrected chi connectivity index (χ2v) is 8.54. The Kier molecular flexibility index (Phi) is 7.09. The first kappa shape index (κ1) is 22.9. The monoisotopic (exact) mass is 401 g/mol. The molecule has 0 radical (unpaired) electrons. The lowest BCUT2D eigenvalue weighted by Crippen LogP contribution is -2.50. The predicted molar refractivity (Wildman–Crippen MR) is 114 cm³/mol. The number of nitrogens with one attached hydrogen (secondary N) is 1. The maximum Gasteiger partial charge on any atom is 0.325 e. The zero-order valence-electron chi connectivity index (χ0n) is 18.8. The molecule has 1 fully saturated rings. The summed E-state index contributed by atoms with van der Waals surface area (Å²) in [5, 5.41) is 2.79. The van der Waals surface area contributed by atoms with Crippen molar-refractivity contribution in [1.29, 1.82) is 0 Å². The highest BCUT2D eigenvalue weighted by molar-refractivity contribution is 6.09. The van der Waals surface area contributed by atoms with Gasteiger partial charge in [0, 0.05) is 12.1 Å². The molecule has 1 N–H and O–H groups in total. The molecule has 4 amide bonds. The lowest BCUT2D eigenvalue weighted by Gasteiger charge is -2.35. The van der Waals surface area contributed by atoms with E-state index in [0.29, 0.717) is 5.92 Å². The standard InChI is InChI=1S/C23H35N3O3/c1-8-16(5)26(17(6)9-2)20(27)14-25-21(28)23(7,24-22(25)29)19-12-10-18(11-13-19)15(3)4/h10-13,15-17H,8-9,14H2,1-7H3,(H,24,29)/t16-,17-,23+/m0/s1. The molecule has 0 bridgehead atoms. The minimum atomic E-state index is -1.16. The minimum Gasteiger partial charge on any atom is -0.336 e. The molecule has 0 unspecified atom stereocenters. The first-order valence-corrected chi connectivity index (χ1v) is 10.6. The third kappa shape index (κ3) is 4.46. The topological polar surface area (TPSA) is 69.7 Å². The molecular weight excluding hydrogens is 366 g/mol. The molecule has 3 atom stereocenters. The summed E-state index contributed by atoms with van der Waals surface area (Å²) in [6.07, 6.45) is 1.63. The van der Waals surface area contributed by atoms with E-state index in [0.717, 1.165) is 23.3 Å². The fourth-order valence-corrected chi connectivity index (χ4v) is 3.77. The Morgan fingerprint density at radius 3 is 2.00 bits per heavy atom. The molecule has 0 aliphatic carbocycles. The van der Waals surface area contributed by atoms with Crippen LogP contribution in [0.25, 0.3) is 0 Å². The first-order chi connectivity index (χ1) is 13.6. The number of carbonyl (C=O) groups is 3. The lowest BCUT2D eigenvalue weighted by atomic mass is 9.90. The Bertz CT molecular complexity index is 749.